The molecule has 0 radical (unpaired) electrons. The third kappa shape index (κ3) is 4.25. The minimum atomic E-state index is -0.166. The van der Waals surface area contributed by atoms with Gasteiger partial charge in [-0.3, -0.25) is 4.79 Å². The molecule has 0 unspecified atom stereocenters. The van der Waals surface area contributed by atoms with E-state index in [9.17, 15) is 4.79 Å². The maximum absolute atomic E-state index is 12.4. The first-order valence-corrected chi connectivity index (χ1v) is 8.93. The summed E-state index contributed by atoms with van der Waals surface area (Å²) in [5.41, 5.74) is 2.68. The van der Waals surface area contributed by atoms with Crippen molar-refractivity contribution in [3.63, 3.8) is 0 Å². The summed E-state index contributed by atoms with van der Waals surface area (Å²) >= 11 is 0. The maximum Gasteiger partial charge on any atom is 0.273 e. The number of nitrogens with one attached hydrogen (secondary N) is 2. The predicted octanol–water partition coefficient (Wildman–Crippen LogP) is 2.22. The number of aromatic nitrogens is 3. The van der Waals surface area contributed by atoms with Gasteiger partial charge in [0.1, 0.15) is 0 Å². The van der Waals surface area contributed by atoms with Crippen molar-refractivity contribution < 1.29 is 4.79 Å². The molecule has 1 aliphatic heterocycles. The molecular formula is C19H27N5O. The first-order chi connectivity index (χ1) is 12.0. The summed E-state index contributed by atoms with van der Waals surface area (Å²) in [5, 5.41) is 14.5. The van der Waals surface area contributed by atoms with Crippen LogP contribution >= 0.6 is 0 Å². The molecule has 134 valence electrons. The fourth-order valence-corrected chi connectivity index (χ4v) is 3.13. The maximum atomic E-state index is 12.4. The van der Waals surface area contributed by atoms with E-state index in [1.807, 2.05) is 4.68 Å². The summed E-state index contributed by atoms with van der Waals surface area (Å²) in [5.74, 6) is -0.166. The van der Waals surface area contributed by atoms with Crippen molar-refractivity contribution in [2.45, 2.75) is 45.1 Å². The van der Waals surface area contributed by atoms with E-state index in [1.54, 1.807) is 6.20 Å². The Morgan fingerprint density at radius 2 is 1.96 bits per heavy atom. The molecule has 1 saturated heterocycles. The van der Waals surface area contributed by atoms with Crippen LogP contribution in [0.25, 0.3) is 0 Å². The molecule has 25 heavy (non-hydrogen) atoms. The summed E-state index contributed by atoms with van der Waals surface area (Å²) in [4.78, 5) is 12.4. The summed E-state index contributed by atoms with van der Waals surface area (Å²) in [6.07, 6.45) is 3.81. The number of piperidine rings is 1. The van der Waals surface area contributed by atoms with E-state index in [1.165, 1.54) is 11.1 Å². The zero-order valence-electron chi connectivity index (χ0n) is 15.2. The molecule has 0 bridgehead atoms. The van der Waals surface area contributed by atoms with Gasteiger partial charge in [-0.2, -0.15) is 0 Å². The van der Waals surface area contributed by atoms with Gasteiger partial charge in [-0.1, -0.05) is 48.9 Å². The number of carbonyl (C=O) groups is 1. The Morgan fingerprint density at radius 3 is 2.64 bits per heavy atom. The Balaban J connectivity index is 1.60. The number of aryl methyl sites for hydroxylation is 1. The van der Waals surface area contributed by atoms with Gasteiger partial charge in [-0.05, 0) is 38.4 Å². The van der Waals surface area contributed by atoms with Gasteiger partial charge in [0.05, 0.1) is 12.2 Å². The molecule has 1 aromatic heterocycles. The van der Waals surface area contributed by atoms with Crippen molar-refractivity contribution in [1.29, 1.82) is 0 Å². The molecule has 2 N–H and O–H groups in total. The third-order valence-electron chi connectivity index (χ3n) is 4.95. The van der Waals surface area contributed by atoms with E-state index >= 15 is 0 Å². The predicted molar refractivity (Wildman–Crippen MR) is 97.7 cm³/mol. The fraction of sp³-hybridized carbons (Fsp3) is 0.526. The van der Waals surface area contributed by atoms with Crippen molar-refractivity contribution in [2.24, 2.45) is 0 Å². The average Bonchev–Trinajstić information content (AvgIpc) is 3.11. The quantitative estimate of drug-likeness (QED) is 0.875. The standard InChI is InChI=1S/C19H27N5O/c1-14-4-6-15(7-5-14)19(2,3)13-21-18(25)17-12-24(23-22-17)16-8-10-20-11-9-16/h4-7,12,16,20H,8-11,13H2,1-3H3,(H,21,25). The molecule has 0 atom stereocenters. The Labute approximate surface area is 149 Å². The second-order valence-electron chi connectivity index (χ2n) is 7.50. The van der Waals surface area contributed by atoms with Gasteiger partial charge in [0, 0.05) is 12.0 Å². The topological polar surface area (TPSA) is 71.8 Å². The van der Waals surface area contributed by atoms with Crippen LogP contribution in [0.3, 0.4) is 0 Å². The van der Waals surface area contributed by atoms with E-state index in [0.29, 0.717) is 18.3 Å². The Kier molecular flexibility index (Phi) is 5.18. The van der Waals surface area contributed by atoms with Crippen molar-refractivity contribution in [3.8, 4) is 0 Å². The van der Waals surface area contributed by atoms with Crippen molar-refractivity contribution in [3.05, 3.63) is 47.3 Å². The van der Waals surface area contributed by atoms with Crippen LogP contribution in [0.4, 0.5) is 0 Å². The lowest BCUT2D eigenvalue weighted by molar-refractivity contribution is 0.0940. The summed E-state index contributed by atoms with van der Waals surface area (Å²) in [6, 6.07) is 8.77. The summed E-state index contributed by atoms with van der Waals surface area (Å²) < 4.78 is 1.83. The lowest BCUT2D eigenvalue weighted by Gasteiger charge is -2.25. The molecule has 3 rings (SSSR count). The Hall–Kier alpha value is -2.21. The van der Waals surface area contributed by atoms with E-state index in [4.69, 9.17) is 0 Å². The Bertz CT molecular complexity index is 714. The average molecular weight is 341 g/mol. The highest BCUT2D eigenvalue weighted by Gasteiger charge is 2.23. The van der Waals surface area contributed by atoms with Crippen LogP contribution in [0.2, 0.25) is 0 Å². The first kappa shape index (κ1) is 17.6. The van der Waals surface area contributed by atoms with Crippen molar-refractivity contribution in [1.82, 2.24) is 25.6 Å². The number of rotatable bonds is 5. The van der Waals surface area contributed by atoms with Crippen LogP contribution in [-0.2, 0) is 5.41 Å². The smallest absolute Gasteiger partial charge is 0.273 e. The van der Waals surface area contributed by atoms with Gasteiger partial charge < -0.3 is 10.6 Å². The minimum Gasteiger partial charge on any atom is -0.350 e. The highest BCUT2D eigenvalue weighted by molar-refractivity contribution is 5.91. The van der Waals surface area contributed by atoms with Crippen LogP contribution in [-0.4, -0.2) is 40.5 Å². The van der Waals surface area contributed by atoms with Crippen LogP contribution in [0, 0.1) is 6.92 Å². The second kappa shape index (κ2) is 7.35. The minimum absolute atomic E-state index is 0.144. The van der Waals surface area contributed by atoms with Crippen molar-refractivity contribution in [2.75, 3.05) is 19.6 Å². The number of hydrogen-bond acceptors (Lipinski definition) is 4. The van der Waals surface area contributed by atoms with Crippen LogP contribution in [0.1, 0.15) is 54.3 Å². The van der Waals surface area contributed by atoms with Gasteiger partial charge in [-0.25, -0.2) is 4.68 Å². The number of hydrogen-bond donors (Lipinski definition) is 2. The van der Waals surface area contributed by atoms with Crippen LogP contribution in [0.15, 0.2) is 30.5 Å². The van der Waals surface area contributed by atoms with E-state index in [2.05, 4.69) is 66.0 Å². The Morgan fingerprint density at radius 1 is 1.28 bits per heavy atom. The normalized spacial score (nSPS) is 16.0. The van der Waals surface area contributed by atoms with Gasteiger partial charge in [0.15, 0.2) is 5.69 Å². The number of nitrogens with zero attached hydrogens (tertiary/aromatic N) is 3. The fourth-order valence-electron chi connectivity index (χ4n) is 3.13. The highest BCUT2D eigenvalue weighted by Crippen LogP contribution is 2.23. The largest absolute Gasteiger partial charge is 0.350 e. The number of amides is 1. The van der Waals surface area contributed by atoms with E-state index in [0.717, 1.165) is 25.9 Å². The molecule has 0 spiro atoms. The SMILES string of the molecule is Cc1ccc(C(C)(C)CNC(=O)c2cn(C3CCNCC3)nn2)cc1. The molecule has 2 heterocycles. The van der Waals surface area contributed by atoms with E-state index in [-0.39, 0.29) is 11.3 Å². The van der Waals surface area contributed by atoms with Gasteiger partial charge in [0.25, 0.3) is 5.91 Å². The summed E-state index contributed by atoms with van der Waals surface area (Å²) in [6.45, 7) is 8.85. The summed E-state index contributed by atoms with van der Waals surface area (Å²) in [7, 11) is 0. The van der Waals surface area contributed by atoms with Gasteiger partial charge in [-0.15, -0.1) is 5.10 Å². The molecule has 0 saturated carbocycles. The van der Waals surface area contributed by atoms with Gasteiger partial charge >= 0.3 is 0 Å². The molecule has 0 aliphatic carbocycles. The zero-order chi connectivity index (χ0) is 17.9. The van der Waals surface area contributed by atoms with E-state index < -0.39 is 0 Å². The molecular weight excluding hydrogens is 314 g/mol. The van der Waals surface area contributed by atoms with Crippen LogP contribution < -0.4 is 10.6 Å². The molecule has 6 nitrogen and oxygen atoms in total. The monoisotopic (exact) mass is 341 g/mol. The molecule has 6 heteroatoms. The number of benzene rings is 1. The molecule has 2 aromatic rings. The zero-order valence-corrected chi connectivity index (χ0v) is 15.2. The second-order valence-corrected chi connectivity index (χ2v) is 7.50. The third-order valence-corrected chi connectivity index (χ3v) is 4.95. The van der Waals surface area contributed by atoms with Crippen LogP contribution in [0.5, 0.6) is 0 Å². The molecule has 1 aliphatic rings. The van der Waals surface area contributed by atoms with Crippen molar-refractivity contribution >= 4 is 5.91 Å². The lowest BCUT2D eigenvalue weighted by Crippen LogP contribution is -2.36. The molecule has 1 aromatic carbocycles. The van der Waals surface area contributed by atoms with Gasteiger partial charge in [0.2, 0.25) is 0 Å². The highest BCUT2D eigenvalue weighted by atomic mass is 16.2. The first-order valence-electron chi connectivity index (χ1n) is 8.93. The molecule has 1 fully saturated rings. The molecule has 1 amide bonds. The lowest BCUT2D eigenvalue weighted by atomic mass is 9.84. The number of carbonyl (C=O) groups excluding carboxylic acids is 1.